The predicted octanol–water partition coefficient (Wildman–Crippen LogP) is 2.40. The summed E-state index contributed by atoms with van der Waals surface area (Å²) in [5.41, 5.74) is 2.67. The van der Waals surface area contributed by atoms with Crippen molar-refractivity contribution < 1.29 is 23.9 Å². The van der Waals surface area contributed by atoms with Gasteiger partial charge in [-0.3, -0.25) is 19.2 Å². The highest BCUT2D eigenvalue weighted by molar-refractivity contribution is 5.94. The van der Waals surface area contributed by atoms with Crippen LogP contribution in [-0.4, -0.2) is 72.3 Å². The second kappa shape index (κ2) is 15.5. The molecule has 0 saturated heterocycles. The lowest BCUT2D eigenvalue weighted by molar-refractivity contribution is -0.143. The first-order chi connectivity index (χ1) is 21.3. The highest BCUT2D eigenvalue weighted by Crippen LogP contribution is 2.21. The van der Waals surface area contributed by atoms with Crippen molar-refractivity contribution in [3.63, 3.8) is 0 Å². The molecule has 44 heavy (non-hydrogen) atoms. The van der Waals surface area contributed by atoms with Crippen molar-refractivity contribution in [2.24, 2.45) is 0 Å². The molecule has 0 spiro atoms. The normalized spacial score (nSPS) is 15.8. The molecule has 0 fully saturated rings. The summed E-state index contributed by atoms with van der Waals surface area (Å²) < 4.78 is 5.23. The van der Waals surface area contributed by atoms with Gasteiger partial charge in [0.2, 0.25) is 23.6 Å². The number of hydrogen-bond donors (Lipinski definition) is 3. The second-order valence-electron chi connectivity index (χ2n) is 10.6. The number of amides is 4. The smallest absolute Gasteiger partial charge is 0.250 e. The van der Waals surface area contributed by atoms with E-state index in [0.717, 1.165) is 22.4 Å². The lowest BCUT2D eigenvalue weighted by Gasteiger charge is -2.36. The van der Waals surface area contributed by atoms with Crippen LogP contribution in [0.3, 0.4) is 0 Å². The van der Waals surface area contributed by atoms with Gasteiger partial charge in [0, 0.05) is 25.2 Å². The van der Waals surface area contributed by atoms with Crippen LogP contribution in [0.2, 0.25) is 0 Å². The van der Waals surface area contributed by atoms with Gasteiger partial charge >= 0.3 is 0 Å². The molecule has 230 valence electrons. The largest absolute Gasteiger partial charge is 0.497 e. The van der Waals surface area contributed by atoms with Gasteiger partial charge in [-0.05, 0) is 42.8 Å². The van der Waals surface area contributed by atoms with Crippen LogP contribution < -0.4 is 20.7 Å². The van der Waals surface area contributed by atoms with Crippen molar-refractivity contribution in [2.75, 3.05) is 20.7 Å². The lowest BCUT2D eigenvalue weighted by Crippen LogP contribution is -2.56. The summed E-state index contributed by atoms with van der Waals surface area (Å²) in [6.45, 7) is 1.68. The van der Waals surface area contributed by atoms with Gasteiger partial charge in [0.05, 0.1) is 26.2 Å². The van der Waals surface area contributed by atoms with Gasteiger partial charge in [-0.15, -0.1) is 0 Å². The fraction of sp³-hybridized carbons (Fsp3) is 0.294. The molecule has 3 N–H and O–H groups in total. The standard InChI is InChI=1S/C34H39N5O5/c1-24(35-2)32(41)37-29(20-25-10-6-4-7-11-25)33(42)36-22-31(40)39-19-18-38(23-27-14-16-28(44-3)17-15-27)34(43)30(39)21-26-12-8-5-9-13-26/h4-19,24,29-30,35H,20-23H2,1-3H3,(H,36,42)(H,37,41)/t24-,29-,30-/m0/s1. The van der Waals surface area contributed by atoms with E-state index in [1.165, 1.54) is 4.90 Å². The Labute approximate surface area is 258 Å². The van der Waals surface area contributed by atoms with Gasteiger partial charge in [-0.2, -0.15) is 0 Å². The van der Waals surface area contributed by atoms with Crippen LogP contribution in [-0.2, 0) is 38.6 Å². The number of ether oxygens (including phenoxy) is 1. The van der Waals surface area contributed by atoms with E-state index < -0.39 is 29.9 Å². The van der Waals surface area contributed by atoms with Crippen molar-refractivity contribution in [3.8, 4) is 5.75 Å². The van der Waals surface area contributed by atoms with Gasteiger partial charge in [-0.1, -0.05) is 72.8 Å². The highest BCUT2D eigenvalue weighted by atomic mass is 16.5. The first-order valence-electron chi connectivity index (χ1n) is 14.5. The highest BCUT2D eigenvalue weighted by Gasteiger charge is 2.35. The van der Waals surface area contributed by atoms with Crippen LogP contribution in [0.4, 0.5) is 0 Å². The monoisotopic (exact) mass is 597 g/mol. The molecule has 1 aliphatic heterocycles. The Balaban J connectivity index is 1.48. The average molecular weight is 598 g/mol. The molecule has 0 aliphatic carbocycles. The minimum absolute atomic E-state index is 0.234. The first kappa shape index (κ1) is 32.0. The van der Waals surface area contributed by atoms with Crippen molar-refractivity contribution in [1.82, 2.24) is 25.8 Å². The van der Waals surface area contributed by atoms with E-state index in [1.54, 1.807) is 38.4 Å². The van der Waals surface area contributed by atoms with E-state index in [0.29, 0.717) is 13.0 Å². The third-order valence-electron chi connectivity index (χ3n) is 7.54. The summed E-state index contributed by atoms with van der Waals surface area (Å²) in [7, 11) is 3.25. The van der Waals surface area contributed by atoms with Gasteiger partial charge in [0.25, 0.3) is 0 Å². The maximum atomic E-state index is 13.8. The van der Waals surface area contributed by atoms with Crippen LogP contribution in [0.25, 0.3) is 0 Å². The average Bonchev–Trinajstić information content (AvgIpc) is 3.05. The van der Waals surface area contributed by atoms with E-state index in [4.69, 9.17) is 4.74 Å². The zero-order valence-corrected chi connectivity index (χ0v) is 25.2. The number of nitrogens with one attached hydrogen (secondary N) is 3. The summed E-state index contributed by atoms with van der Waals surface area (Å²) in [6, 6.07) is 24.0. The molecule has 1 aliphatic rings. The van der Waals surface area contributed by atoms with E-state index in [9.17, 15) is 19.2 Å². The maximum Gasteiger partial charge on any atom is 0.250 e. The summed E-state index contributed by atoms with van der Waals surface area (Å²) in [6.07, 6.45) is 3.73. The quantitative estimate of drug-likeness (QED) is 0.279. The second-order valence-corrected chi connectivity index (χ2v) is 10.6. The van der Waals surface area contributed by atoms with Crippen molar-refractivity contribution in [1.29, 1.82) is 0 Å². The SMILES string of the molecule is CN[C@@H](C)C(=O)N[C@@H](Cc1ccccc1)C(=O)NCC(=O)N1C=CN(Cc2ccc(OC)cc2)C(=O)[C@@H]1Cc1ccccc1. The zero-order chi connectivity index (χ0) is 31.5. The summed E-state index contributed by atoms with van der Waals surface area (Å²) in [5, 5.41) is 8.34. The Morgan fingerprint density at radius 2 is 1.48 bits per heavy atom. The van der Waals surface area contributed by atoms with Crippen molar-refractivity contribution >= 4 is 23.6 Å². The summed E-state index contributed by atoms with van der Waals surface area (Å²) in [4.78, 5) is 56.2. The Morgan fingerprint density at radius 3 is 2.09 bits per heavy atom. The van der Waals surface area contributed by atoms with Crippen LogP contribution in [0, 0.1) is 0 Å². The molecule has 10 heteroatoms. The minimum atomic E-state index is -0.896. The molecule has 1 heterocycles. The zero-order valence-electron chi connectivity index (χ0n) is 25.2. The molecule has 3 aromatic carbocycles. The first-order valence-corrected chi connectivity index (χ1v) is 14.5. The molecular formula is C34H39N5O5. The third-order valence-corrected chi connectivity index (χ3v) is 7.54. The van der Waals surface area contributed by atoms with E-state index in [-0.39, 0.29) is 24.8 Å². The number of nitrogens with zero attached hydrogens (tertiary/aromatic N) is 2. The Hall–Kier alpha value is -4.96. The molecule has 0 bridgehead atoms. The number of carbonyl (C=O) groups excluding carboxylic acids is 4. The predicted molar refractivity (Wildman–Crippen MR) is 167 cm³/mol. The van der Waals surface area contributed by atoms with Crippen molar-refractivity contribution in [2.45, 2.75) is 44.4 Å². The number of carbonyl (C=O) groups is 4. The Morgan fingerprint density at radius 1 is 0.841 bits per heavy atom. The third kappa shape index (κ3) is 8.54. The molecule has 4 amide bonds. The Bertz CT molecular complexity index is 1450. The van der Waals surface area contributed by atoms with Crippen LogP contribution in [0.5, 0.6) is 5.75 Å². The van der Waals surface area contributed by atoms with Gasteiger partial charge in [0.1, 0.15) is 17.8 Å². The summed E-state index contributed by atoms with van der Waals surface area (Å²) >= 11 is 0. The van der Waals surface area contributed by atoms with Crippen molar-refractivity contribution in [3.05, 3.63) is 114 Å². The molecule has 3 aromatic rings. The molecule has 0 radical (unpaired) electrons. The van der Waals surface area contributed by atoms with Gasteiger partial charge in [0.15, 0.2) is 0 Å². The summed E-state index contributed by atoms with van der Waals surface area (Å²) in [5.74, 6) is -0.785. The molecule has 10 nitrogen and oxygen atoms in total. The number of benzene rings is 3. The maximum absolute atomic E-state index is 13.8. The molecule has 3 atom stereocenters. The van der Waals surface area contributed by atoms with E-state index >= 15 is 0 Å². The Kier molecular flexibility index (Phi) is 11.3. The molecule has 0 aromatic heterocycles. The van der Waals surface area contributed by atoms with Gasteiger partial charge in [-0.25, -0.2) is 0 Å². The number of rotatable bonds is 13. The van der Waals surface area contributed by atoms with Crippen LogP contribution >= 0.6 is 0 Å². The fourth-order valence-electron chi connectivity index (χ4n) is 4.84. The molecule has 0 unspecified atom stereocenters. The van der Waals surface area contributed by atoms with Crippen LogP contribution in [0.1, 0.15) is 23.6 Å². The fourth-order valence-corrected chi connectivity index (χ4v) is 4.84. The molecule has 4 rings (SSSR count). The van der Waals surface area contributed by atoms with Gasteiger partial charge < -0.3 is 30.5 Å². The topological polar surface area (TPSA) is 120 Å². The number of likely N-dealkylation sites (N-methyl/N-ethyl adjacent to an activating group) is 1. The minimum Gasteiger partial charge on any atom is -0.497 e. The van der Waals surface area contributed by atoms with E-state index in [1.807, 2.05) is 84.9 Å². The van der Waals surface area contributed by atoms with Crippen LogP contribution in [0.15, 0.2) is 97.3 Å². The lowest BCUT2D eigenvalue weighted by atomic mass is 10.0. The number of methoxy groups -OCH3 is 1. The van der Waals surface area contributed by atoms with E-state index in [2.05, 4.69) is 16.0 Å². The number of hydrogen-bond acceptors (Lipinski definition) is 6. The molecule has 0 saturated carbocycles. The molecular weight excluding hydrogens is 558 g/mol.